The fraction of sp³-hybridized carbons (Fsp3) is 0.500. The number of nitrogens with zero attached hydrogens (tertiary/aromatic N) is 4. The highest BCUT2D eigenvalue weighted by molar-refractivity contribution is 5.17. The molecule has 4 heteroatoms. The summed E-state index contributed by atoms with van der Waals surface area (Å²) in [7, 11) is 1.95. The first-order valence-electron chi connectivity index (χ1n) is 5.84. The van der Waals surface area contributed by atoms with Gasteiger partial charge in [-0.2, -0.15) is 5.10 Å². The van der Waals surface area contributed by atoms with Crippen LogP contribution in [0.3, 0.4) is 0 Å². The van der Waals surface area contributed by atoms with Crippen molar-refractivity contribution in [3.8, 4) is 0 Å². The fourth-order valence-electron chi connectivity index (χ4n) is 2.39. The predicted molar refractivity (Wildman–Crippen MR) is 61.2 cm³/mol. The van der Waals surface area contributed by atoms with Gasteiger partial charge in [0, 0.05) is 18.9 Å². The molecular formula is C12H16N4. The predicted octanol–water partition coefficient (Wildman–Crippen LogP) is 1.54. The van der Waals surface area contributed by atoms with Crippen LogP contribution >= 0.6 is 0 Å². The zero-order valence-corrected chi connectivity index (χ0v) is 9.56. The first-order valence-corrected chi connectivity index (χ1v) is 5.84. The largest absolute Gasteiger partial charge is 0.328 e. The van der Waals surface area contributed by atoms with Crippen molar-refractivity contribution in [1.29, 1.82) is 0 Å². The number of aryl methyl sites for hydroxylation is 2. The first-order chi connectivity index (χ1) is 7.83. The number of hydrogen-bond acceptors (Lipinski definition) is 2. The van der Waals surface area contributed by atoms with Crippen molar-refractivity contribution in [3.63, 3.8) is 0 Å². The van der Waals surface area contributed by atoms with E-state index in [9.17, 15) is 0 Å². The van der Waals surface area contributed by atoms with Crippen molar-refractivity contribution >= 4 is 0 Å². The Morgan fingerprint density at radius 1 is 1.31 bits per heavy atom. The lowest BCUT2D eigenvalue weighted by atomic mass is 10.0. The zero-order valence-electron chi connectivity index (χ0n) is 9.56. The van der Waals surface area contributed by atoms with Crippen LogP contribution < -0.4 is 0 Å². The maximum absolute atomic E-state index is 4.49. The SMILES string of the molecule is Cn1ccc(Cn2cnc3c2CCCC3)n1. The monoisotopic (exact) mass is 216 g/mol. The normalized spacial score (nSPS) is 15.1. The van der Waals surface area contributed by atoms with E-state index in [2.05, 4.69) is 20.7 Å². The molecule has 84 valence electrons. The van der Waals surface area contributed by atoms with Crippen molar-refractivity contribution in [2.45, 2.75) is 32.2 Å². The van der Waals surface area contributed by atoms with Gasteiger partial charge in [-0.15, -0.1) is 0 Å². The van der Waals surface area contributed by atoms with Crippen molar-refractivity contribution < 1.29 is 0 Å². The van der Waals surface area contributed by atoms with Gasteiger partial charge in [-0.3, -0.25) is 4.68 Å². The molecule has 0 unspecified atom stereocenters. The van der Waals surface area contributed by atoms with Crippen molar-refractivity contribution in [2.24, 2.45) is 7.05 Å². The number of hydrogen-bond donors (Lipinski definition) is 0. The van der Waals surface area contributed by atoms with E-state index in [4.69, 9.17) is 0 Å². The number of imidazole rings is 1. The maximum atomic E-state index is 4.49. The maximum Gasteiger partial charge on any atom is 0.0955 e. The minimum absolute atomic E-state index is 0.850. The minimum Gasteiger partial charge on any atom is -0.328 e. The van der Waals surface area contributed by atoms with Crippen molar-refractivity contribution in [1.82, 2.24) is 19.3 Å². The van der Waals surface area contributed by atoms with Gasteiger partial charge in [0.1, 0.15) is 0 Å². The molecule has 0 saturated heterocycles. The van der Waals surface area contributed by atoms with E-state index in [1.54, 1.807) is 0 Å². The summed E-state index contributed by atoms with van der Waals surface area (Å²) in [6.45, 7) is 0.850. The Hall–Kier alpha value is -1.58. The molecule has 0 radical (unpaired) electrons. The van der Waals surface area contributed by atoms with Crippen LogP contribution in [0.4, 0.5) is 0 Å². The highest BCUT2D eigenvalue weighted by Crippen LogP contribution is 2.20. The van der Waals surface area contributed by atoms with Gasteiger partial charge in [0.05, 0.1) is 24.3 Å². The summed E-state index contributed by atoms with van der Waals surface area (Å²) in [4.78, 5) is 4.49. The molecule has 0 N–H and O–H groups in total. The molecule has 16 heavy (non-hydrogen) atoms. The third-order valence-corrected chi connectivity index (χ3v) is 3.21. The van der Waals surface area contributed by atoms with Crippen LogP contribution in [0.1, 0.15) is 29.9 Å². The van der Waals surface area contributed by atoms with Crippen LogP contribution in [-0.2, 0) is 26.4 Å². The Morgan fingerprint density at radius 2 is 2.19 bits per heavy atom. The number of fused-ring (bicyclic) bond motifs is 1. The summed E-state index contributed by atoms with van der Waals surface area (Å²) in [6, 6.07) is 2.06. The Labute approximate surface area is 94.9 Å². The van der Waals surface area contributed by atoms with E-state index >= 15 is 0 Å². The van der Waals surface area contributed by atoms with Gasteiger partial charge in [0.25, 0.3) is 0 Å². The Bertz CT molecular complexity index is 495. The molecule has 1 aliphatic rings. The van der Waals surface area contributed by atoms with Crippen molar-refractivity contribution in [2.75, 3.05) is 0 Å². The van der Waals surface area contributed by atoms with Crippen LogP contribution in [0.25, 0.3) is 0 Å². The molecule has 0 spiro atoms. The molecule has 0 amide bonds. The molecule has 2 heterocycles. The van der Waals surface area contributed by atoms with E-state index in [1.165, 1.54) is 30.7 Å². The second kappa shape index (κ2) is 3.77. The van der Waals surface area contributed by atoms with E-state index in [-0.39, 0.29) is 0 Å². The second-order valence-corrected chi connectivity index (χ2v) is 4.45. The Kier molecular flexibility index (Phi) is 2.27. The summed E-state index contributed by atoms with van der Waals surface area (Å²) in [5.74, 6) is 0. The van der Waals surface area contributed by atoms with Gasteiger partial charge in [0.2, 0.25) is 0 Å². The van der Waals surface area contributed by atoms with Crippen LogP contribution in [0.5, 0.6) is 0 Å². The van der Waals surface area contributed by atoms with Gasteiger partial charge in [-0.1, -0.05) is 0 Å². The van der Waals surface area contributed by atoms with Gasteiger partial charge >= 0.3 is 0 Å². The molecule has 0 fully saturated rings. The summed E-state index contributed by atoms with van der Waals surface area (Å²) in [5.41, 5.74) is 3.81. The molecule has 2 aromatic rings. The average Bonchev–Trinajstić information content (AvgIpc) is 2.87. The van der Waals surface area contributed by atoms with Gasteiger partial charge in [0.15, 0.2) is 0 Å². The molecule has 0 saturated carbocycles. The van der Waals surface area contributed by atoms with Crippen LogP contribution in [0.2, 0.25) is 0 Å². The average molecular weight is 216 g/mol. The van der Waals surface area contributed by atoms with Crippen molar-refractivity contribution in [3.05, 3.63) is 35.7 Å². The standard InChI is InChI=1S/C12H16N4/c1-15-7-6-10(14-15)8-16-9-13-11-4-2-3-5-12(11)16/h6-7,9H,2-5,8H2,1H3. The molecule has 0 atom stereocenters. The molecular weight excluding hydrogens is 200 g/mol. The topological polar surface area (TPSA) is 35.6 Å². The molecule has 1 aliphatic carbocycles. The highest BCUT2D eigenvalue weighted by atomic mass is 15.3. The molecule has 0 aromatic carbocycles. The minimum atomic E-state index is 0.850. The van der Waals surface area contributed by atoms with Gasteiger partial charge in [-0.25, -0.2) is 4.98 Å². The zero-order chi connectivity index (χ0) is 11.0. The summed E-state index contributed by atoms with van der Waals surface area (Å²) >= 11 is 0. The van der Waals surface area contributed by atoms with E-state index < -0.39 is 0 Å². The number of aromatic nitrogens is 4. The molecule has 2 aromatic heterocycles. The van der Waals surface area contributed by atoms with Gasteiger partial charge in [-0.05, 0) is 31.7 Å². The van der Waals surface area contributed by atoms with E-state index in [0.717, 1.165) is 18.7 Å². The molecule has 3 rings (SSSR count). The lowest BCUT2D eigenvalue weighted by Crippen LogP contribution is -2.09. The number of rotatable bonds is 2. The highest BCUT2D eigenvalue weighted by Gasteiger charge is 2.15. The lowest BCUT2D eigenvalue weighted by molar-refractivity contribution is 0.620. The van der Waals surface area contributed by atoms with Crippen LogP contribution in [-0.4, -0.2) is 19.3 Å². The summed E-state index contributed by atoms with van der Waals surface area (Å²) < 4.78 is 4.09. The summed E-state index contributed by atoms with van der Waals surface area (Å²) in [6.07, 6.45) is 8.84. The van der Waals surface area contributed by atoms with Crippen LogP contribution in [0.15, 0.2) is 18.6 Å². The smallest absolute Gasteiger partial charge is 0.0955 e. The Balaban J connectivity index is 1.87. The second-order valence-electron chi connectivity index (χ2n) is 4.45. The third kappa shape index (κ3) is 1.64. The van der Waals surface area contributed by atoms with Gasteiger partial charge < -0.3 is 4.57 Å². The third-order valence-electron chi connectivity index (χ3n) is 3.21. The fourth-order valence-corrected chi connectivity index (χ4v) is 2.39. The van der Waals surface area contributed by atoms with E-state index in [1.807, 2.05) is 24.3 Å². The quantitative estimate of drug-likeness (QED) is 0.763. The first kappa shape index (κ1) is 9.63. The molecule has 0 bridgehead atoms. The summed E-state index contributed by atoms with van der Waals surface area (Å²) in [5, 5.41) is 4.40. The van der Waals surface area contributed by atoms with E-state index in [0.29, 0.717) is 0 Å². The lowest BCUT2D eigenvalue weighted by Gasteiger charge is -2.13. The Morgan fingerprint density at radius 3 is 3.00 bits per heavy atom. The molecule has 0 aliphatic heterocycles. The van der Waals surface area contributed by atoms with Crippen LogP contribution in [0, 0.1) is 0 Å². The molecule has 4 nitrogen and oxygen atoms in total.